The number of ether oxygens (including phenoxy) is 1. The summed E-state index contributed by atoms with van der Waals surface area (Å²) in [5.41, 5.74) is 2.88. The molecule has 0 fully saturated rings. The van der Waals surface area contributed by atoms with E-state index in [-0.39, 0.29) is 0 Å². The topological polar surface area (TPSA) is 24.5 Å². The lowest BCUT2D eigenvalue weighted by molar-refractivity contribution is 0.0980. The van der Waals surface area contributed by atoms with Crippen molar-refractivity contribution >= 4 is 0 Å². The third-order valence-corrected chi connectivity index (χ3v) is 3.57. The monoisotopic (exact) mass is 264 g/mol. The molecule has 0 heterocycles. The van der Waals surface area contributed by atoms with E-state index in [1.165, 1.54) is 11.1 Å². The Hall–Kier alpha value is -0.900. The second-order valence-electron chi connectivity index (χ2n) is 4.99. The molecule has 0 spiro atoms. The Labute approximate surface area is 118 Å². The number of hydrogen-bond acceptors (Lipinski definition) is 3. The molecule has 3 heteroatoms. The standard InChI is InChI=1S/C16H28N2O/c1-5-18(14(2)13-19-4)12-16-9-7-6-8-15(16)10-11-17-3/h6-9,14,17H,5,10-13H2,1-4H3. The minimum absolute atomic E-state index is 0.451. The van der Waals surface area contributed by atoms with Crippen molar-refractivity contribution < 1.29 is 4.74 Å². The van der Waals surface area contributed by atoms with Crippen molar-refractivity contribution in [1.29, 1.82) is 0 Å². The van der Waals surface area contributed by atoms with Crippen LogP contribution in [0.25, 0.3) is 0 Å². The molecule has 1 aromatic carbocycles. The second kappa shape index (κ2) is 9.08. The molecular weight excluding hydrogens is 236 g/mol. The molecule has 0 aromatic heterocycles. The first kappa shape index (κ1) is 16.2. The molecule has 1 aromatic rings. The zero-order chi connectivity index (χ0) is 14.1. The van der Waals surface area contributed by atoms with Crippen molar-refractivity contribution in [3.63, 3.8) is 0 Å². The Morgan fingerprint density at radius 1 is 1.26 bits per heavy atom. The predicted octanol–water partition coefficient (Wildman–Crippen LogP) is 2.31. The van der Waals surface area contributed by atoms with Crippen LogP contribution in [-0.2, 0) is 17.7 Å². The predicted molar refractivity (Wildman–Crippen MR) is 81.5 cm³/mol. The summed E-state index contributed by atoms with van der Waals surface area (Å²) in [7, 11) is 3.77. The van der Waals surface area contributed by atoms with Crippen LogP contribution >= 0.6 is 0 Å². The van der Waals surface area contributed by atoms with Crippen molar-refractivity contribution in [1.82, 2.24) is 10.2 Å². The molecule has 0 bridgehead atoms. The van der Waals surface area contributed by atoms with Gasteiger partial charge in [-0.3, -0.25) is 4.90 Å². The molecule has 19 heavy (non-hydrogen) atoms. The van der Waals surface area contributed by atoms with Gasteiger partial charge in [-0.2, -0.15) is 0 Å². The summed E-state index contributed by atoms with van der Waals surface area (Å²) < 4.78 is 5.27. The fourth-order valence-corrected chi connectivity index (χ4v) is 2.36. The molecule has 1 rings (SSSR count). The van der Waals surface area contributed by atoms with Crippen LogP contribution in [0.2, 0.25) is 0 Å². The van der Waals surface area contributed by atoms with Gasteiger partial charge in [-0.25, -0.2) is 0 Å². The van der Waals surface area contributed by atoms with Crippen molar-refractivity contribution in [2.45, 2.75) is 32.9 Å². The van der Waals surface area contributed by atoms with Crippen LogP contribution < -0.4 is 5.32 Å². The van der Waals surface area contributed by atoms with Crippen LogP contribution in [0.5, 0.6) is 0 Å². The SMILES string of the molecule is CCN(Cc1ccccc1CCNC)C(C)COC. The van der Waals surface area contributed by atoms with E-state index in [1.54, 1.807) is 7.11 Å². The Morgan fingerprint density at radius 2 is 1.95 bits per heavy atom. The van der Waals surface area contributed by atoms with Gasteiger partial charge in [0.2, 0.25) is 0 Å². The first-order valence-corrected chi connectivity index (χ1v) is 7.17. The Balaban J connectivity index is 2.72. The summed E-state index contributed by atoms with van der Waals surface area (Å²) >= 11 is 0. The number of nitrogens with one attached hydrogen (secondary N) is 1. The summed E-state index contributed by atoms with van der Waals surface area (Å²) in [5, 5.41) is 3.22. The molecule has 0 saturated heterocycles. The molecule has 3 nitrogen and oxygen atoms in total. The summed E-state index contributed by atoms with van der Waals surface area (Å²) in [6.07, 6.45) is 1.09. The van der Waals surface area contributed by atoms with Crippen LogP contribution in [0.4, 0.5) is 0 Å². The highest BCUT2D eigenvalue weighted by atomic mass is 16.5. The Kier molecular flexibility index (Phi) is 7.72. The average molecular weight is 264 g/mol. The normalized spacial score (nSPS) is 12.9. The van der Waals surface area contributed by atoms with Gasteiger partial charge in [-0.05, 0) is 44.6 Å². The third-order valence-electron chi connectivity index (χ3n) is 3.57. The van der Waals surface area contributed by atoms with Crippen molar-refractivity contribution in [3.05, 3.63) is 35.4 Å². The van der Waals surface area contributed by atoms with Gasteiger partial charge in [0.05, 0.1) is 6.61 Å². The first-order chi connectivity index (χ1) is 9.22. The van der Waals surface area contributed by atoms with E-state index in [0.717, 1.165) is 32.7 Å². The Morgan fingerprint density at radius 3 is 2.53 bits per heavy atom. The summed E-state index contributed by atoms with van der Waals surface area (Å²) in [6, 6.07) is 9.19. The molecule has 0 aliphatic heterocycles. The van der Waals surface area contributed by atoms with Gasteiger partial charge >= 0.3 is 0 Å². The molecule has 0 radical (unpaired) electrons. The maximum Gasteiger partial charge on any atom is 0.0615 e. The van der Waals surface area contributed by atoms with E-state index in [2.05, 4.69) is 48.3 Å². The highest BCUT2D eigenvalue weighted by Crippen LogP contribution is 2.14. The summed E-state index contributed by atoms with van der Waals surface area (Å²) in [6.45, 7) is 8.29. The number of rotatable bonds is 9. The first-order valence-electron chi connectivity index (χ1n) is 7.17. The van der Waals surface area contributed by atoms with E-state index in [1.807, 2.05) is 7.05 Å². The van der Waals surface area contributed by atoms with Crippen LogP contribution in [-0.4, -0.2) is 44.8 Å². The van der Waals surface area contributed by atoms with Gasteiger partial charge in [-0.15, -0.1) is 0 Å². The van der Waals surface area contributed by atoms with Crippen molar-refractivity contribution in [3.8, 4) is 0 Å². The van der Waals surface area contributed by atoms with Gasteiger partial charge < -0.3 is 10.1 Å². The van der Waals surface area contributed by atoms with E-state index in [9.17, 15) is 0 Å². The lowest BCUT2D eigenvalue weighted by Crippen LogP contribution is -2.35. The van der Waals surface area contributed by atoms with Gasteiger partial charge in [0.1, 0.15) is 0 Å². The summed E-state index contributed by atoms with van der Waals surface area (Å²) in [5.74, 6) is 0. The van der Waals surface area contributed by atoms with Gasteiger partial charge in [0.15, 0.2) is 0 Å². The molecule has 0 amide bonds. The number of methoxy groups -OCH3 is 1. The highest BCUT2D eigenvalue weighted by molar-refractivity contribution is 5.27. The van der Waals surface area contributed by atoms with Crippen molar-refractivity contribution in [2.75, 3.05) is 33.9 Å². The Bertz CT molecular complexity index is 354. The molecule has 0 aliphatic carbocycles. The largest absolute Gasteiger partial charge is 0.383 e. The maximum absolute atomic E-state index is 5.27. The third kappa shape index (κ3) is 5.31. The maximum atomic E-state index is 5.27. The van der Waals surface area contributed by atoms with E-state index < -0.39 is 0 Å². The van der Waals surface area contributed by atoms with Gasteiger partial charge in [0.25, 0.3) is 0 Å². The van der Waals surface area contributed by atoms with Crippen LogP contribution in [0.3, 0.4) is 0 Å². The van der Waals surface area contributed by atoms with Crippen molar-refractivity contribution in [2.24, 2.45) is 0 Å². The smallest absolute Gasteiger partial charge is 0.0615 e. The molecule has 1 N–H and O–H groups in total. The molecule has 1 atom stereocenters. The van der Waals surface area contributed by atoms with E-state index in [4.69, 9.17) is 4.74 Å². The zero-order valence-corrected chi connectivity index (χ0v) is 12.8. The number of nitrogens with zero attached hydrogens (tertiary/aromatic N) is 1. The lowest BCUT2D eigenvalue weighted by Gasteiger charge is -2.28. The van der Waals surface area contributed by atoms with Gasteiger partial charge in [-0.1, -0.05) is 31.2 Å². The number of hydrogen-bond donors (Lipinski definition) is 1. The minimum Gasteiger partial charge on any atom is -0.383 e. The van der Waals surface area contributed by atoms with Crippen LogP contribution in [0.1, 0.15) is 25.0 Å². The zero-order valence-electron chi connectivity index (χ0n) is 12.8. The lowest BCUT2D eigenvalue weighted by atomic mass is 10.0. The fourth-order valence-electron chi connectivity index (χ4n) is 2.36. The molecule has 1 unspecified atom stereocenters. The fraction of sp³-hybridized carbons (Fsp3) is 0.625. The molecule has 0 aliphatic rings. The molecule has 108 valence electrons. The average Bonchev–Trinajstić information content (AvgIpc) is 2.43. The van der Waals surface area contributed by atoms with Crippen LogP contribution in [0.15, 0.2) is 24.3 Å². The number of likely N-dealkylation sites (N-methyl/N-ethyl adjacent to an activating group) is 2. The highest BCUT2D eigenvalue weighted by Gasteiger charge is 2.13. The minimum atomic E-state index is 0.451. The number of benzene rings is 1. The summed E-state index contributed by atoms with van der Waals surface area (Å²) in [4.78, 5) is 2.46. The quantitative estimate of drug-likeness (QED) is 0.741. The van der Waals surface area contributed by atoms with E-state index in [0.29, 0.717) is 6.04 Å². The molecule has 0 saturated carbocycles. The molecular formula is C16H28N2O. The van der Waals surface area contributed by atoms with E-state index >= 15 is 0 Å². The van der Waals surface area contributed by atoms with Crippen LogP contribution in [0, 0.1) is 0 Å². The van der Waals surface area contributed by atoms with Gasteiger partial charge in [0, 0.05) is 19.7 Å². The second-order valence-corrected chi connectivity index (χ2v) is 4.99.